The fourth-order valence-electron chi connectivity index (χ4n) is 2.59. The molecule has 0 atom stereocenters. The molecule has 0 spiro atoms. The van der Waals surface area contributed by atoms with Crippen molar-refractivity contribution in [1.82, 2.24) is 30.2 Å². The molecular weight excluding hydrogens is 461 g/mol. The SMILES string of the molecule is CCNC(=NCc1nnc2ccccn12)NCCc1sc(C)nc1C.I. The lowest BCUT2D eigenvalue weighted by Crippen LogP contribution is -2.38. The van der Waals surface area contributed by atoms with Crippen LogP contribution in [0.25, 0.3) is 5.65 Å². The first-order valence-electron chi connectivity index (χ1n) is 8.41. The lowest BCUT2D eigenvalue weighted by Gasteiger charge is -2.10. The van der Waals surface area contributed by atoms with E-state index in [1.54, 1.807) is 11.3 Å². The molecule has 0 saturated carbocycles. The molecule has 0 saturated heterocycles. The van der Waals surface area contributed by atoms with Crippen LogP contribution >= 0.6 is 35.3 Å². The molecule has 0 aliphatic carbocycles. The maximum Gasteiger partial charge on any atom is 0.191 e. The highest BCUT2D eigenvalue weighted by Crippen LogP contribution is 2.17. The Morgan fingerprint density at radius 3 is 2.81 bits per heavy atom. The number of rotatable bonds is 6. The van der Waals surface area contributed by atoms with Gasteiger partial charge in [-0.3, -0.25) is 4.40 Å². The molecule has 26 heavy (non-hydrogen) atoms. The second-order valence-corrected chi connectivity index (χ2v) is 6.95. The van der Waals surface area contributed by atoms with Gasteiger partial charge >= 0.3 is 0 Å². The van der Waals surface area contributed by atoms with E-state index in [-0.39, 0.29) is 24.0 Å². The van der Waals surface area contributed by atoms with Crippen LogP contribution < -0.4 is 10.6 Å². The van der Waals surface area contributed by atoms with Gasteiger partial charge in [0.15, 0.2) is 17.4 Å². The number of fused-ring (bicyclic) bond motifs is 1. The van der Waals surface area contributed by atoms with Crippen LogP contribution in [0.3, 0.4) is 0 Å². The van der Waals surface area contributed by atoms with E-state index in [9.17, 15) is 0 Å². The van der Waals surface area contributed by atoms with Gasteiger partial charge in [0.1, 0.15) is 6.54 Å². The lowest BCUT2D eigenvalue weighted by molar-refractivity contribution is 0.789. The Morgan fingerprint density at radius 2 is 2.08 bits per heavy atom. The van der Waals surface area contributed by atoms with Crippen molar-refractivity contribution in [3.63, 3.8) is 0 Å². The molecule has 3 aromatic rings. The number of thiazole rings is 1. The average molecular weight is 485 g/mol. The molecule has 0 fully saturated rings. The van der Waals surface area contributed by atoms with Crippen molar-refractivity contribution in [3.8, 4) is 0 Å². The number of guanidine groups is 1. The summed E-state index contributed by atoms with van der Waals surface area (Å²) < 4.78 is 1.95. The number of halogens is 1. The number of aliphatic imine (C=N–C) groups is 1. The minimum absolute atomic E-state index is 0. The van der Waals surface area contributed by atoms with E-state index in [1.807, 2.05) is 35.7 Å². The van der Waals surface area contributed by atoms with Crippen molar-refractivity contribution in [2.75, 3.05) is 13.1 Å². The van der Waals surface area contributed by atoms with Crippen molar-refractivity contribution in [2.45, 2.75) is 33.7 Å². The van der Waals surface area contributed by atoms with E-state index >= 15 is 0 Å². The normalized spacial score (nSPS) is 11.4. The Kier molecular flexibility index (Phi) is 7.76. The highest BCUT2D eigenvalue weighted by Gasteiger charge is 2.06. The van der Waals surface area contributed by atoms with Gasteiger partial charge in [-0.2, -0.15) is 0 Å². The quantitative estimate of drug-likeness (QED) is 0.319. The predicted octanol–water partition coefficient (Wildman–Crippen LogP) is 2.72. The van der Waals surface area contributed by atoms with Crippen molar-refractivity contribution in [1.29, 1.82) is 0 Å². The molecule has 2 N–H and O–H groups in total. The minimum Gasteiger partial charge on any atom is -0.357 e. The molecule has 3 rings (SSSR count). The van der Waals surface area contributed by atoms with Gasteiger partial charge in [0, 0.05) is 30.6 Å². The fourth-order valence-corrected chi connectivity index (χ4v) is 3.53. The maximum absolute atomic E-state index is 4.62. The molecule has 0 aromatic carbocycles. The van der Waals surface area contributed by atoms with Crippen LogP contribution in [0.4, 0.5) is 0 Å². The van der Waals surface area contributed by atoms with E-state index in [0.717, 1.165) is 47.6 Å². The summed E-state index contributed by atoms with van der Waals surface area (Å²) in [5.74, 6) is 1.61. The van der Waals surface area contributed by atoms with E-state index in [2.05, 4.69) is 44.7 Å². The van der Waals surface area contributed by atoms with Gasteiger partial charge in [0.2, 0.25) is 0 Å². The van der Waals surface area contributed by atoms with Crippen LogP contribution in [0, 0.1) is 13.8 Å². The summed E-state index contributed by atoms with van der Waals surface area (Å²) >= 11 is 1.76. The van der Waals surface area contributed by atoms with Crippen LogP contribution in [0.1, 0.15) is 28.3 Å². The van der Waals surface area contributed by atoms with E-state index in [4.69, 9.17) is 0 Å². The standard InChI is InChI=1S/C17H23N7S.HI/c1-4-18-17(19-9-8-14-12(2)21-13(3)25-14)20-11-16-23-22-15-7-5-6-10-24(15)16;/h5-7,10H,4,8-9,11H2,1-3H3,(H2,18,19,20);1H. The van der Waals surface area contributed by atoms with E-state index in [1.165, 1.54) is 4.88 Å². The molecule has 0 aliphatic heterocycles. The van der Waals surface area contributed by atoms with Crippen molar-refractivity contribution in [2.24, 2.45) is 4.99 Å². The van der Waals surface area contributed by atoms with Crippen LogP contribution in [0.5, 0.6) is 0 Å². The fraction of sp³-hybridized carbons (Fsp3) is 0.412. The Hall–Kier alpha value is -1.75. The molecule has 0 radical (unpaired) electrons. The maximum atomic E-state index is 4.62. The number of nitrogens with zero attached hydrogens (tertiary/aromatic N) is 5. The number of nitrogens with one attached hydrogen (secondary N) is 2. The van der Waals surface area contributed by atoms with Crippen LogP contribution in [-0.2, 0) is 13.0 Å². The molecular formula is C17H24IN7S. The molecule has 140 valence electrons. The zero-order valence-corrected chi connectivity index (χ0v) is 18.3. The van der Waals surface area contributed by atoms with Gasteiger partial charge in [-0.1, -0.05) is 6.07 Å². The summed E-state index contributed by atoms with van der Waals surface area (Å²) in [4.78, 5) is 10.4. The highest BCUT2D eigenvalue weighted by molar-refractivity contribution is 14.0. The van der Waals surface area contributed by atoms with E-state index in [0.29, 0.717) is 6.54 Å². The van der Waals surface area contributed by atoms with Crippen molar-refractivity contribution < 1.29 is 0 Å². The largest absolute Gasteiger partial charge is 0.357 e. The van der Waals surface area contributed by atoms with Crippen molar-refractivity contribution in [3.05, 3.63) is 45.8 Å². The Bertz CT molecular complexity index is 871. The number of pyridine rings is 1. The van der Waals surface area contributed by atoms with Crippen LogP contribution in [0.2, 0.25) is 0 Å². The first-order valence-corrected chi connectivity index (χ1v) is 9.22. The number of hydrogen-bond acceptors (Lipinski definition) is 5. The second kappa shape index (κ2) is 9.81. The average Bonchev–Trinajstić information content (AvgIpc) is 3.15. The summed E-state index contributed by atoms with van der Waals surface area (Å²) in [7, 11) is 0. The number of aromatic nitrogens is 4. The molecule has 3 aromatic heterocycles. The zero-order valence-electron chi connectivity index (χ0n) is 15.2. The second-order valence-electron chi connectivity index (χ2n) is 5.66. The summed E-state index contributed by atoms with van der Waals surface area (Å²) in [6, 6.07) is 5.85. The monoisotopic (exact) mass is 485 g/mol. The third-order valence-electron chi connectivity index (χ3n) is 3.75. The predicted molar refractivity (Wildman–Crippen MR) is 117 cm³/mol. The summed E-state index contributed by atoms with van der Waals surface area (Å²) in [5.41, 5.74) is 1.96. The summed E-state index contributed by atoms with van der Waals surface area (Å²) in [6.45, 7) is 8.26. The van der Waals surface area contributed by atoms with Crippen LogP contribution in [0.15, 0.2) is 29.4 Å². The van der Waals surface area contributed by atoms with Crippen molar-refractivity contribution >= 4 is 46.9 Å². The zero-order chi connectivity index (χ0) is 17.6. The number of aryl methyl sites for hydroxylation is 2. The number of hydrogen-bond donors (Lipinski definition) is 2. The van der Waals surface area contributed by atoms with Crippen LogP contribution in [-0.4, -0.2) is 38.6 Å². The minimum atomic E-state index is 0. The third kappa shape index (κ3) is 5.13. The molecule has 0 aliphatic rings. The molecule has 3 heterocycles. The Labute approximate surface area is 174 Å². The Morgan fingerprint density at radius 1 is 1.23 bits per heavy atom. The molecule has 0 unspecified atom stereocenters. The molecule has 9 heteroatoms. The first-order chi connectivity index (χ1) is 12.2. The smallest absolute Gasteiger partial charge is 0.191 e. The van der Waals surface area contributed by atoms with E-state index < -0.39 is 0 Å². The summed E-state index contributed by atoms with van der Waals surface area (Å²) in [5, 5.41) is 16.1. The van der Waals surface area contributed by atoms with Gasteiger partial charge < -0.3 is 10.6 Å². The lowest BCUT2D eigenvalue weighted by atomic mass is 10.3. The Balaban J connectivity index is 0.00000243. The molecule has 7 nitrogen and oxygen atoms in total. The first kappa shape index (κ1) is 20.6. The molecule has 0 bridgehead atoms. The van der Waals surface area contributed by atoms with Gasteiger partial charge in [-0.15, -0.1) is 45.5 Å². The molecule has 0 amide bonds. The van der Waals surface area contributed by atoms with Gasteiger partial charge in [-0.25, -0.2) is 9.98 Å². The topological polar surface area (TPSA) is 79.5 Å². The van der Waals surface area contributed by atoms with Gasteiger partial charge in [-0.05, 0) is 32.9 Å². The summed E-state index contributed by atoms with van der Waals surface area (Å²) in [6.07, 6.45) is 2.89. The highest BCUT2D eigenvalue weighted by atomic mass is 127. The van der Waals surface area contributed by atoms with Gasteiger partial charge in [0.25, 0.3) is 0 Å². The third-order valence-corrected chi connectivity index (χ3v) is 4.88. The van der Waals surface area contributed by atoms with Gasteiger partial charge in [0.05, 0.1) is 10.7 Å².